The summed E-state index contributed by atoms with van der Waals surface area (Å²) < 4.78 is 1.16. The lowest BCUT2D eigenvalue weighted by Gasteiger charge is -2.06. The van der Waals surface area contributed by atoms with E-state index < -0.39 is 0 Å². The van der Waals surface area contributed by atoms with Gasteiger partial charge in [0.15, 0.2) is 0 Å². The fourth-order valence-electron chi connectivity index (χ4n) is 1.37. The van der Waals surface area contributed by atoms with Crippen molar-refractivity contribution in [1.82, 2.24) is 5.32 Å². The van der Waals surface area contributed by atoms with Crippen LogP contribution in [-0.2, 0) is 0 Å². The van der Waals surface area contributed by atoms with Crippen LogP contribution in [0.1, 0.15) is 29.6 Å². The SMILES string of the molecule is O=C(NCCCCCI)c1ccc(Cl)cc1Cl. The molecule has 1 aromatic rings. The molecule has 0 unspecified atom stereocenters. The highest BCUT2D eigenvalue weighted by Crippen LogP contribution is 2.20. The van der Waals surface area contributed by atoms with Crippen molar-refractivity contribution >= 4 is 51.7 Å². The number of nitrogens with one attached hydrogen (secondary N) is 1. The molecule has 1 amide bonds. The van der Waals surface area contributed by atoms with Crippen LogP contribution in [0.3, 0.4) is 0 Å². The number of alkyl halides is 1. The molecule has 0 aliphatic heterocycles. The van der Waals surface area contributed by atoms with E-state index in [1.807, 2.05) is 0 Å². The number of amides is 1. The van der Waals surface area contributed by atoms with Gasteiger partial charge in [-0.2, -0.15) is 0 Å². The highest BCUT2D eigenvalue weighted by molar-refractivity contribution is 14.1. The van der Waals surface area contributed by atoms with E-state index in [2.05, 4.69) is 27.9 Å². The number of benzene rings is 1. The molecule has 1 aromatic carbocycles. The molecule has 0 heterocycles. The first-order valence-electron chi connectivity index (χ1n) is 5.44. The van der Waals surface area contributed by atoms with E-state index in [1.165, 1.54) is 6.42 Å². The third kappa shape index (κ3) is 5.44. The van der Waals surface area contributed by atoms with Gasteiger partial charge in [0.2, 0.25) is 0 Å². The largest absolute Gasteiger partial charge is 0.352 e. The fraction of sp³-hybridized carbons (Fsp3) is 0.417. The molecule has 94 valence electrons. The zero-order chi connectivity index (χ0) is 12.7. The fourth-order valence-corrected chi connectivity index (χ4v) is 2.40. The predicted octanol–water partition coefficient (Wildman–Crippen LogP) is 4.33. The minimum absolute atomic E-state index is 0.138. The van der Waals surface area contributed by atoms with Crippen molar-refractivity contribution in [3.63, 3.8) is 0 Å². The number of halogens is 3. The summed E-state index contributed by atoms with van der Waals surface area (Å²) in [5.41, 5.74) is 0.477. The first-order valence-corrected chi connectivity index (χ1v) is 7.72. The highest BCUT2D eigenvalue weighted by atomic mass is 127. The lowest BCUT2D eigenvalue weighted by Crippen LogP contribution is -2.24. The molecule has 0 radical (unpaired) electrons. The molecule has 0 spiro atoms. The number of hydrogen-bond acceptors (Lipinski definition) is 1. The highest BCUT2D eigenvalue weighted by Gasteiger charge is 2.09. The summed E-state index contributed by atoms with van der Waals surface area (Å²) in [4.78, 5) is 11.8. The summed E-state index contributed by atoms with van der Waals surface area (Å²) in [5.74, 6) is -0.138. The number of carbonyl (C=O) groups is 1. The molecular formula is C12H14Cl2INO. The first-order chi connectivity index (χ1) is 8.15. The van der Waals surface area contributed by atoms with Gasteiger partial charge in [0.1, 0.15) is 0 Å². The van der Waals surface area contributed by atoms with Crippen molar-refractivity contribution in [2.75, 3.05) is 11.0 Å². The summed E-state index contributed by atoms with van der Waals surface area (Å²) in [7, 11) is 0. The standard InChI is InChI=1S/C12H14Cl2INO/c13-9-4-5-10(11(14)8-9)12(17)16-7-3-1-2-6-15/h4-5,8H,1-3,6-7H2,(H,16,17). The molecule has 0 aromatic heterocycles. The lowest BCUT2D eigenvalue weighted by atomic mass is 10.2. The Bertz CT molecular complexity index is 385. The van der Waals surface area contributed by atoms with Gasteiger partial charge >= 0.3 is 0 Å². The van der Waals surface area contributed by atoms with Gasteiger partial charge < -0.3 is 5.32 Å². The molecule has 0 atom stereocenters. The van der Waals surface area contributed by atoms with Crippen LogP contribution in [0.25, 0.3) is 0 Å². The molecule has 0 saturated carbocycles. The zero-order valence-electron chi connectivity index (χ0n) is 9.31. The summed E-state index contributed by atoms with van der Waals surface area (Å²) in [5, 5.41) is 3.78. The van der Waals surface area contributed by atoms with Crippen LogP contribution in [-0.4, -0.2) is 16.9 Å². The maximum Gasteiger partial charge on any atom is 0.252 e. The molecule has 1 rings (SSSR count). The maximum atomic E-state index is 11.8. The van der Waals surface area contributed by atoms with Gasteiger partial charge in [0.25, 0.3) is 5.91 Å². The summed E-state index contributed by atoms with van der Waals surface area (Å²) in [6.45, 7) is 0.689. The minimum atomic E-state index is -0.138. The van der Waals surface area contributed by atoms with E-state index in [1.54, 1.807) is 18.2 Å². The van der Waals surface area contributed by atoms with Gasteiger partial charge in [-0.1, -0.05) is 52.2 Å². The van der Waals surface area contributed by atoms with Gasteiger partial charge in [-0.05, 0) is 35.5 Å². The monoisotopic (exact) mass is 385 g/mol. The van der Waals surface area contributed by atoms with Crippen molar-refractivity contribution < 1.29 is 4.79 Å². The Kier molecular flexibility index (Phi) is 7.23. The van der Waals surface area contributed by atoms with Gasteiger partial charge in [-0.3, -0.25) is 4.79 Å². The van der Waals surface area contributed by atoms with Gasteiger partial charge in [-0.25, -0.2) is 0 Å². The first kappa shape index (κ1) is 15.1. The molecule has 0 aliphatic rings. The Labute approximate surface area is 125 Å². The van der Waals surface area contributed by atoms with Gasteiger partial charge in [0.05, 0.1) is 10.6 Å². The molecule has 0 saturated heterocycles. The van der Waals surface area contributed by atoms with E-state index >= 15 is 0 Å². The Morgan fingerprint density at radius 2 is 2.00 bits per heavy atom. The molecule has 0 aliphatic carbocycles. The van der Waals surface area contributed by atoms with Crippen LogP contribution in [0.2, 0.25) is 10.0 Å². The lowest BCUT2D eigenvalue weighted by molar-refractivity contribution is 0.0953. The predicted molar refractivity (Wildman–Crippen MR) is 81.5 cm³/mol. The van der Waals surface area contributed by atoms with Crippen LogP contribution in [0, 0.1) is 0 Å². The average Bonchev–Trinajstić information content (AvgIpc) is 2.28. The van der Waals surface area contributed by atoms with Gasteiger partial charge in [-0.15, -0.1) is 0 Å². The number of carbonyl (C=O) groups excluding carboxylic acids is 1. The van der Waals surface area contributed by atoms with Crippen molar-refractivity contribution in [3.8, 4) is 0 Å². The molecular weight excluding hydrogens is 372 g/mol. The van der Waals surface area contributed by atoms with Crippen molar-refractivity contribution in [2.24, 2.45) is 0 Å². The molecule has 2 nitrogen and oxygen atoms in total. The Morgan fingerprint density at radius 1 is 1.24 bits per heavy atom. The summed E-state index contributed by atoms with van der Waals surface area (Å²) in [6.07, 6.45) is 3.33. The smallest absolute Gasteiger partial charge is 0.252 e. The van der Waals surface area contributed by atoms with E-state index in [9.17, 15) is 4.79 Å². The zero-order valence-corrected chi connectivity index (χ0v) is 13.0. The second kappa shape index (κ2) is 8.16. The van der Waals surface area contributed by atoms with Crippen LogP contribution < -0.4 is 5.32 Å². The normalized spacial score (nSPS) is 10.3. The molecule has 0 bridgehead atoms. The van der Waals surface area contributed by atoms with E-state index in [-0.39, 0.29) is 5.91 Å². The summed E-state index contributed by atoms with van der Waals surface area (Å²) in [6, 6.07) is 4.89. The average molecular weight is 386 g/mol. The second-order valence-corrected chi connectivity index (χ2v) is 5.55. The quantitative estimate of drug-likeness (QED) is 0.440. The van der Waals surface area contributed by atoms with Crippen LogP contribution in [0.15, 0.2) is 18.2 Å². The molecule has 1 N–H and O–H groups in total. The maximum absolute atomic E-state index is 11.8. The third-order valence-corrected chi connectivity index (χ3v) is 3.58. The van der Waals surface area contributed by atoms with Crippen LogP contribution >= 0.6 is 45.8 Å². The van der Waals surface area contributed by atoms with Crippen molar-refractivity contribution in [2.45, 2.75) is 19.3 Å². The number of hydrogen-bond donors (Lipinski definition) is 1. The number of rotatable bonds is 6. The van der Waals surface area contributed by atoms with Crippen LogP contribution in [0.5, 0.6) is 0 Å². The minimum Gasteiger partial charge on any atom is -0.352 e. The van der Waals surface area contributed by atoms with Crippen molar-refractivity contribution in [3.05, 3.63) is 33.8 Å². The Hall–Kier alpha value is -0.000000000000000111. The van der Waals surface area contributed by atoms with E-state index in [4.69, 9.17) is 23.2 Å². The van der Waals surface area contributed by atoms with Crippen molar-refractivity contribution in [1.29, 1.82) is 0 Å². The number of unbranched alkanes of at least 4 members (excludes halogenated alkanes) is 2. The Balaban J connectivity index is 2.42. The van der Waals surface area contributed by atoms with E-state index in [0.717, 1.165) is 17.3 Å². The molecule has 5 heteroatoms. The van der Waals surface area contributed by atoms with Gasteiger partial charge in [0, 0.05) is 11.6 Å². The third-order valence-electron chi connectivity index (χ3n) is 2.27. The topological polar surface area (TPSA) is 29.1 Å². The second-order valence-electron chi connectivity index (χ2n) is 3.63. The molecule has 17 heavy (non-hydrogen) atoms. The van der Waals surface area contributed by atoms with Crippen LogP contribution in [0.4, 0.5) is 0 Å². The Morgan fingerprint density at radius 3 is 2.65 bits per heavy atom. The molecule has 0 fully saturated rings. The van der Waals surface area contributed by atoms with E-state index in [0.29, 0.717) is 22.2 Å². The summed E-state index contributed by atoms with van der Waals surface area (Å²) >= 11 is 14.1.